The molecular weight excluding hydrogens is 304 g/mol. The molecule has 0 aliphatic carbocycles. The molecule has 3 aromatic heterocycles. The minimum Gasteiger partial charge on any atom is -0.363 e. The lowest BCUT2D eigenvalue weighted by molar-refractivity contribution is 0.785. The second-order valence-electron chi connectivity index (χ2n) is 5.53. The molecule has 0 aliphatic heterocycles. The Morgan fingerprint density at radius 2 is 1.88 bits per heavy atom. The molecule has 0 fully saturated rings. The second-order valence-corrected chi connectivity index (χ2v) is 5.53. The SMILES string of the molecule is C[C@H](Nc1ncnc2c1cnn2C)c1ccc(-n2cncn2)cc1. The predicted molar refractivity (Wildman–Crippen MR) is 89.7 cm³/mol. The third-order valence-corrected chi connectivity index (χ3v) is 3.96. The average Bonchev–Trinajstić information content (AvgIpc) is 3.26. The Labute approximate surface area is 138 Å². The maximum atomic E-state index is 4.35. The van der Waals surface area contributed by atoms with Gasteiger partial charge in [0.1, 0.15) is 24.8 Å². The maximum absolute atomic E-state index is 4.35. The number of aryl methyl sites for hydroxylation is 1. The minimum atomic E-state index is 0.0908. The molecule has 3 heterocycles. The monoisotopic (exact) mass is 320 g/mol. The van der Waals surface area contributed by atoms with E-state index >= 15 is 0 Å². The van der Waals surface area contributed by atoms with E-state index in [4.69, 9.17) is 0 Å². The van der Waals surface area contributed by atoms with Gasteiger partial charge in [-0.2, -0.15) is 10.2 Å². The summed E-state index contributed by atoms with van der Waals surface area (Å²) < 4.78 is 3.46. The van der Waals surface area contributed by atoms with Crippen molar-refractivity contribution in [2.24, 2.45) is 7.05 Å². The molecule has 1 N–H and O–H groups in total. The van der Waals surface area contributed by atoms with E-state index in [0.29, 0.717) is 0 Å². The lowest BCUT2D eigenvalue weighted by Crippen LogP contribution is -2.09. The predicted octanol–water partition coefficient (Wildman–Crippen LogP) is 2.12. The van der Waals surface area contributed by atoms with Crippen LogP contribution in [0.4, 0.5) is 5.82 Å². The van der Waals surface area contributed by atoms with Gasteiger partial charge in [0.15, 0.2) is 5.65 Å². The smallest absolute Gasteiger partial charge is 0.163 e. The Hall–Kier alpha value is -3.29. The van der Waals surface area contributed by atoms with Crippen LogP contribution in [0.15, 0.2) is 49.4 Å². The zero-order valence-corrected chi connectivity index (χ0v) is 13.3. The van der Waals surface area contributed by atoms with E-state index < -0.39 is 0 Å². The standard InChI is InChI=1S/C16H16N8/c1-11(12-3-5-13(6-4-12)24-10-17-8-21-24)22-15-14-7-20-23(2)16(14)19-9-18-15/h3-11H,1-2H3,(H,18,19,22)/t11-/m0/s1. The van der Waals surface area contributed by atoms with Crippen LogP contribution in [0.3, 0.4) is 0 Å². The Bertz CT molecular complexity index is 956. The summed E-state index contributed by atoms with van der Waals surface area (Å²) in [5.74, 6) is 0.779. The van der Waals surface area contributed by atoms with E-state index in [1.807, 2.05) is 19.2 Å². The molecule has 8 heteroatoms. The summed E-state index contributed by atoms with van der Waals surface area (Å²) in [6.07, 6.45) is 6.52. The van der Waals surface area contributed by atoms with Gasteiger partial charge < -0.3 is 5.32 Å². The number of nitrogens with zero attached hydrogens (tertiary/aromatic N) is 7. The molecule has 120 valence electrons. The molecule has 0 radical (unpaired) electrons. The molecule has 0 bridgehead atoms. The van der Waals surface area contributed by atoms with E-state index in [9.17, 15) is 0 Å². The van der Waals surface area contributed by atoms with E-state index in [-0.39, 0.29) is 6.04 Å². The summed E-state index contributed by atoms with van der Waals surface area (Å²) >= 11 is 0. The number of nitrogens with one attached hydrogen (secondary N) is 1. The first-order valence-electron chi connectivity index (χ1n) is 7.56. The number of anilines is 1. The molecule has 0 aliphatic rings. The van der Waals surface area contributed by atoms with Crippen molar-refractivity contribution in [3.63, 3.8) is 0 Å². The first-order valence-corrected chi connectivity index (χ1v) is 7.56. The van der Waals surface area contributed by atoms with E-state index in [1.54, 1.807) is 28.2 Å². The van der Waals surface area contributed by atoms with Crippen molar-refractivity contribution in [1.29, 1.82) is 0 Å². The van der Waals surface area contributed by atoms with Gasteiger partial charge in [0, 0.05) is 13.1 Å². The van der Waals surface area contributed by atoms with Crippen LogP contribution in [0.25, 0.3) is 16.7 Å². The van der Waals surface area contributed by atoms with E-state index in [0.717, 1.165) is 28.1 Å². The Balaban J connectivity index is 1.58. The maximum Gasteiger partial charge on any atom is 0.163 e. The van der Waals surface area contributed by atoms with Crippen molar-refractivity contribution in [2.75, 3.05) is 5.32 Å². The highest BCUT2D eigenvalue weighted by molar-refractivity contribution is 5.86. The number of fused-ring (bicyclic) bond motifs is 1. The van der Waals surface area contributed by atoms with Crippen LogP contribution in [0.5, 0.6) is 0 Å². The highest BCUT2D eigenvalue weighted by Gasteiger charge is 2.11. The van der Waals surface area contributed by atoms with Gasteiger partial charge in [-0.05, 0) is 24.6 Å². The van der Waals surface area contributed by atoms with Gasteiger partial charge in [-0.25, -0.2) is 19.6 Å². The van der Waals surface area contributed by atoms with Crippen LogP contribution in [-0.4, -0.2) is 34.5 Å². The van der Waals surface area contributed by atoms with Crippen molar-refractivity contribution in [3.8, 4) is 5.69 Å². The Morgan fingerprint density at radius 1 is 1.04 bits per heavy atom. The molecule has 1 aromatic carbocycles. The third kappa shape index (κ3) is 2.47. The van der Waals surface area contributed by atoms with Crippen LogP contribution >= 0.6 is 0 Å². The number of hydrogen-bond donors (Lipinski definition) is 1. The molecule has 4 aromatic rings. The van der Waals surface area contributed by atoms with Gasteiger partial charge in [-0.1, -0.05) is 12.1 Å². The summed E-state index contributed by atoms with van der Waals surface area (Å²) in [5, 5.41) is 12.7. The van der Waals surface area contributed by atoms with Gasteiger partial charge in [-0.15, -0.1) is 0 Å². The summed E-state index contributed by atoms with van der Waals surface area (Å²) in [7, 11) is 1.87. The second kappa shape index (κ2) is 5.73. The van der Waals surface area contributed by atoms with Crippen LogP contribution < -0.4 is 5.32 Å². The third-order valence-electron chi connectivity index (χ3n) is 3.96. The number of hydrogen-bond acceptors (Lipinski definition) is 6. The first-order chi connectivity index (χ1) is 11.7. The van der Waals surface area contributed by atoms with Crippen molar-refractivity contribution in [1.82, 2.24) is 34.5 Å². The van der Waals surface area contributed by atoms with Gasteiger partial charge in [0.05, 0.1) is 17.3 Å². The fourth-order valence-corrected chi connectivity index (χ4v) is 2.62. The van der Waals surface area contributed by atoms with Crippen molar-refractivity contribution < 1.29 is 0 Å². The molecule has 4 rings (SSSR count). The zero-order valence-electron chi connectivity index (χ0n) is 13.3. The Morgan fingerprint density at radius 3 is 2.62 bits per heavy atom. The fraction of sp³-hybridized carbons (Fsp3) is 0.188. The van der Waals surface area contributed by atoms with Gasteiger partial charge >= 0.3 is 0 Å². The quantitative estimate of drug-likeness (QED) is 0.620. The van der Waals surface area contributed by atoms with Crippen LogP contribution in [0, 0.1) is 0 Å². The zero-order chi connectivity index (χ0) is 16.5. The van der Waals surface area contributed by atoms with Crippen molar-refractivity contribution in [2.45, 2.75) is 13.0 Å². The lowest BCUT2D eigenvalue weighted by atomic mass is 10.1. The number of rotatable bonds is 4. The topological polar surface area (TPSA) is 86.3 Å². The van der Waals surface area contributed by atoms with Gasteiger partial charge in [0.25, 0.3) is 0 Å². The van der Waals surface area contributed by atoms with E-state index in [1.165, 1.54) is 6.33 Å². The molecular formula is C16H16N8. The Kier molecular flexibility index (Phi) is 3.42. The summed E-state index contributed by atoms with van der Waals surface area (Å²) in [4.78, 5) is 12.6. The molecule has 8 nitrogen and oxygen atoms in total. The molecule has 0 amide bonds. The lowest BCUT2D eigenvalue weighted by Gasteiger charge is -2.15. The van der Waals surface area contributed by atoms with E-state index in [2.05, 4.69) is 49.5 Å². The number of aromatic nitrogens is 7. The molecule has 1 atom stereocenters. The molecule has 0 saturated heterocycles. The molecule has 0 saturated carbocycles. The van der Waals surface area contributed by atoms with Gasteiger partial charge in [-0.3, -0.25) is 4.68 Å². The highest BCUT2D eigenvalue weighted by atomic mass is 15.3. The highest BCUT2D eigenvalue weighted by Crippen LogP contribution is 2.24. The van der Waals surface area contributed by atoms with Gasteiger partial charge in [0.2, 0.25) is 0 Å². The minimum absolute atomic E-state index is 0.0908. The first kappa shape index (κ1) is 14.3. The van der Waals surface area contributed by atoms with Crippen molar-refractivity contribution in [3.05, 3.63) is 55.0 Å². The van der Waals surface area contributed by atoms with Crippen LogP contribution in [0.1, 0.15) is 18.5 Å². The summed E-state index contributed by atoms with van der Waals surface area (Å²) in [6.45, 7) is 2.09. The average molecular weight is 320 g/mol. The van der Waals surface area contributed by atoms with Crippen LogP contribution in [-0.2, 0) is 7.05 Å². The molecule has 0 spiro atoms. The normalized spacial score (nSPS) is 12.4. The van der Waals surface area contributed by atoms with Crippen LogP contribution in [0.2, 0.25) is 0 Å². The molecule has 0 unspecified atom stereocenters. The van der Waals surface area contributed by atoms with Crippen molar-refractivity contribution >= 4 is 16.9 Å². The molecule has 24 heavy (non-hydrogen) atoms. The largest absolute Gasteiger partial charge is 0.363 e. The summed E-state index contributed by atoms with van der Waals surface area (Å²) in [6, 6.07) is 8.25. The number of benzene rings is 1. The fourth-order valence-electron chi connectivity index (χ4n) is 2.62. The summed E-state index contributed by atoms with van der Waals surface area (Å²) in [5.41, 5.74) is 2.93.